The van der Waals surface area contributed by atoms with Crippen LogP contribution in [-0.2, 0) is 14.3 Å². The number of benzene rings is 2. The van der Waals surface area contributed by atoms with Gasteiger partial charge < -0.3 is 10.5 Å². The van der Waals surface area contributed by atoms with Crippen LogP contribution in [0.2, 0.25) is 0 Å². The van der Waals surface area contributed by atoms with Gasteiger partial charge in [-0.15, -0.1) is 5.17 Å². The summed E-state index contributed by atoms with van der Waals surface area (Å²) in [6.45, 7) is 4.00. The smallest absolute Gasteiger partial charge is 0.318 e. The number of aryl methyl sites for hydroxylation is 1. The van der Waals surface area contributed by atoms with Gasteiger partial charge in [-0.1, -0.05) is 24.6 Å². The summed E-state index contributed by atoms with van der Waals surface area (Å²) in [5.74, 6) is -1.10. The maximum atomic E-state index is 11.5. The fraction of sp³-hybridized carbons (Fsp3) is 0.263. The highest BCUT2D eigenvalue weighted by atomic mass is 32.2. The molecule has 2 aromatic rings. The molecule has 16 heteroatoms. The van der Waals surface area contributed by atoms with E-state index < -0.39 is 37.3 Å². The van der Waals surface area contributed by atoms with Gasteiger partial charge in [0, 0.05) is 6.07 Å². The third kappa shape index (κ3) is 8.61. The molecule has 2 aromatic carbocycles. The van der Waals surface area contributed by atoms with Gasteiger partial charge in [0.15, 0.2) is 0 Å². The number of hydrogen-bond donors (Lipinski definition) is 3. The Bertz CT molecular complexity index is 1200. The lowest BCUT2D eigenvalue weighted by molar-refractivity contribution is -0.394. The molecule has 35 heavy (non-hydrogen) atoms. The van der Waals surface area contributed by atoms with Crippen LogP contribution in [-0.4, -0.2) is 54.5 Å². The Kier molecular flexibility index (Phi) is 10.7. The number of nitrogens with one attached hydrogen (secondary N) is 1. The van der Waals surface area contributed by atoms with E-state index in [9.17, 15) is 28.6 Å². The van der Waals surface area contributed by atoms with Crippen molar-refractivity contribution in [2.24, 2.45) is 10.8 Å². The van der Waals surface area contributed by atoms with Crippen molar-refractivity contribution in [3.63, 3.8) is 0 Å². The molecule has 190 valence electrons. The summed E-state index contributed by atoms with van der Waals surface area (Å²) in [4.78, 5) is 20.2. The molecule has 4 N–H and O–H groups in total. The van der Waals surface area contributed by atoms with Crippen molar-refractivity contribution in [3.8, 4) is 5.75 Å². The summed E-state index contributed by atoms with van der Waals surface area (Å²) in [6, 6.07) is 8.31. The average Bonchev–Trinajstić information content (AvgIpc) is 2.80. The number of ether oxygens (including phenoxy) is 1. The minimum absolute atomic E-state index is 0.0237. The number of hydrogen-bond acceptors (Lipinski definition) is 11. The van der Waals surface area contributed by atoms with Crippen LogP contribution in [0.5, 0.6) is 5.75 Å². The number of hydrazone groups is 1. The molecule has 0 aliphatic carbocycles. The Morgan fingerprint density at radius 1 is 1.23 bits per heavy atom. The quantitative estimate of drug-likeness (QED) is 0.145. The van der Waals surface area contributed by atoms with E-state index in [4.69, 9.17) is 25.3 Å². The zero-order valence-electron chi connectivity index (χ0n) is 18.9. The van der Waals surface area contributed by atoms with Crippen LogP contribution in [0.1, 0.15) is 24.5 Å². The van der Waals surface area contributed by atoms with E-state index in [1.807, 2.05) is 13.8 Å². The number of guanidine groups is 1. The topological polar surface area (TPSA) is 225 Å². The molecule has 0 fully saturated rings. The van der Waals surface area contributed by atoms with Crippen molar-refractivity contribution in [2.45, 2.75) is 25.2 Å². The molecule has 0 bridgehead atoms. The minimum Gasteiger partial charge on any atom is -0.490 e. The number of nitro benzene ring substituents is 2. The number of nitrogens with two attached hydrogens (primary N) is 1. The van der Waals surface area contributed by atoms with Gasteiger partial charge in [-0.3, -0.25) is 35.0 Å². The molecule has 0 radical (unpaired) electrons. The number of hydroxylamine groups is 1. The second-order valence-corrected chi connectivity index (χ2v) is 8.23. The highest BCUT2D eigenvalue weighted by Crippen LogP contribution is 2.34. The van der Waals surface area contributed by atoms with Crippen molar-refractivity contribution in [2.75, 3.05) is 13.7 Å². The summed E-state index contributed by atoms with van der Waals surface area (Å²) in [5.41, 5.74) is 4.61. The van der Waals surface area contributed by atoms with Gasteiger partial charge in [-0.2, -0.15) is 13.5 Å². The fourth-order valence-electron chi connectivity index (χ4n) is 2.32. The monoisotopic (exact) mass is 512 g/mol. The molecule has 0 saturated carbocycles. The lowest BCUT2D eigenvalue weighted by atomic mass is 10.1. The third-order valence-corrected chi connectivity index (χ3v) is 5.29. The largest absolute Gasteiger partial charge is 0.490 e. The van der Waals surface area contributed by atoms with E-state index in [0.29, 0.717) is 6.42 Å². The Morgan fingerprint density at radius 2 is 1.83 bits per heavy atom. The molecular weight excluding hydrogens is 488 g/mol. The molecule has 2 rings (SSSR count). The number of rotatable bonds is 9. The van der Waals surface area contributed by atoms with E-state index >= 15 is 0 Å². The van der Waals surface area contributed by atoms with Crippen LogP contribution in [0.25, 0.3) is 0 Å². The van der Waals surface area contributed by atoms with Gasteiger partial charge in [-0.25, -0.2) is 0 Å². The zero-order chi connectivity index (χ0) is 26.8. The zero-order valence-corrected chi connectivity index (χ0v) is 19.8. The fourth-order valence-corrected chi connectivity index (χ4v) is 3.32. The van der Waals surface area contributed by atoms with Crippen molar-refractivity contribution >= 4 is 33.7 Å². The van der Waals surface area contributed by atoms with Gasteiger partial charge in [0.25, 0.3) is 15.8 Å². The van der Waals surface area contributed by atoms with Gasteiger partial charge in [0.05, 0.1) is 46.3 Å². The van der Waals surface area contributed by atoms with E-state index in [-0.39, 0.29) is 28.0 Å². The molecule has 0 unspecified atom stereocenters. The first-order chi connectivity index (χ1) is 16.3. The minimum atomic E-state index is -3.54. The first kappa shape index (κ1) is 28.9. The molecule has 15 nitrogen and oxygen atoms in total. The molecule has 0 heterocycles. The van der Waals surface area contributed by atoms with Gasteiger partial charge in [-0.05, 0) is 25.5 Å². The van der Waals surface area contributed by atoms with Crippen LogP contribution < -0.4 is 10.5 Å². The summed E-state index contributed by atoms with van der Waals surface area (Å²) in [6.07, 6.45) is 1.52. The molecular formula is C19H24N6O9S. The summed E-state index contributed by atoms with van der Waals surface area (Å²) >= 11 is 0. The van der Waals surface area contributed by atoms with Crippen LogP contribution in [0, 0.1) is 32.6 Å². The Balaban J connectivity index is 0.000000379. The predicted octanol–water partition coefficient (Wildman–Crippen LogP) is 2.54. The average molecular weight is 513 g/mol. The molecule has 0 spiro atoms. The molecule has 0 aliphatic heterocycles. The third-order valence-electron chi connectivity index (χ3n) is 3.97. The SMILES string of the molecule is CCCOS(=O)(=O)c1ccc(C)cc1.COc1c(/C=N/N(O)C(=N)N)cc([N+](=O)[O-])cc1[N+](=O)[O-]. The van der Waals surface area contributed by atoms with E-state index in [1.54, 1.807) is 24.3 Å². The van der Waals surface area contributed by atoms with E-state index in [0.717, 1.165) is 31.0 Å². The second kappa shape index (κ2) is 12.9. The summed E-state index contributed by atoms with van der Waals surface area (Å²) in [5, 5.41) is 40.9. The number of nitrogens with zero attached hydrogens (tertiary/aromatic N) is 4. The highest BCUT2D eigenvalue weighted by molar-refractivity contribution is 7.86. The molecule has 0 amide bonds. The second-order valence-electron chi connectivity index (χ2n) is 6.61. The van der Waals surface area contributed by atoms with E-state index in [1.165, 1.54) is 0 Å². The van der Waals surface area contributed by atoms with Crippen molar-refractivity contribution in [1.29, 1.82) is 5.41 Å². The predicted molar refractivity (Wildman–Crippen MR) is 124 cm³/mol. The first-order valence-corrected chi connectivity index (χ1v) is 11.1. The maximum absolute atomic E-state index is 11.5. The molecule has 0 aliphatic rings. The Morgan fingerprint density at radius 3 is 2.29 bits per heavy atom. The lowest BCUT2D eigenvalue weighted by Crippen LogP contribution is -2.28. The van der Waals surface area contributed by atoms with Crippen molar-refractivity contribution in [3.05, 3.63) is 67.8 Å². The Labute approximate surface area is 200 Å². The molecule has 0 aromatic heterocycles. The van der Waals surface area contributed by atoms with Crippen LogP contribution >= 0.6 is 0 Å². The summed E-state index contributed by atoms with van der Waals surface area (Å²) < 4.78 is 32.6. The Hall–Kier alpha value is -4.15. The number of nitro groups is 2. The van der Waals surface area contributed by atoms with Crippen LogP contribution in [0.4, 0.5) is 11.4 Å². The standard InChI is InChI=1S/C10H14O3S.C9H10N6O6/c1-3-8-13-14(11,12)10-6-4-9(2)5-7-10;1-21-8-5(4-12-13(16)9(10)11)2-6(14(17)18)3-7(8)15(19)20/h4-7H,3,8H2,1-2H3;2-4,16H,1H3,(H3,10,11)/b;12-4+. The normalized spacial score (nSPS) is 10.9. The number of non-ortho nitro benzene ring substituents is 1. The first-order valence-electron chi connectivity index (χ1n) is 9.68. The van der Waals surface area contributed by atoms with Crippen LogP contribution in [0.15, 0.2) is 46.4 Å². The van der Waals surface area contributed by atoms with Crippen molar-refractivity contribution < 1.29 is 32.4 Å². The van der Waals surface area contributed by atoms with Gasteiger partial charge in [0.1, 0.15) is 0 Å². The molecule has 0 saturated heterocycles. The lowest BCUT2D eigenvalue weighted by Gasteiger charge is -2.08. The van der Waals surface area contributed by atoms with Gasteiger partial charge in [0.2, 0.25) is 11.7 Å². The maximum Gasteiger partial charge on any atom is 0.318 e. The number of methoxy groups -OCH3 is 1. The summed E-state index contributed by atoms with van der Waals surface area (Å²) in [7, 11) is -2.41. The molecule has 0 atom stereocenters. The van der Waals surface area contributed by atoms with E-state index in [2.05, 4.69) is 5.10 Å². The van der Waals surface area contributed by atoms with Crippen LogP contribution in [0.3, 0.4) is 0 Å². The highest BCUT2D eigenvalue weighted by Gasteiger charge is 2.24. The van der Waals surface area contributed by atoms with Crippen molar-refractivity contribution in [1.82, 2.24) is 5.17 Å². The van der Waals surface area contributed by atoms with Gasteiger partial charge >= 0.3 is 5.69 Å².